The summed E-state index contributed by atoms with van der Waals surface area (Å²) in [6.45, 7) is 2.57. The first-order chi connectivity index (χ1) is 18.1. The fourth-order valence-corrected chi connectivity index (χ4v) is 6.98. The van der Waals surface area contributed by atoms with Crippen molar-refractivity contribution in [3.63, 3.8) is 0 Å². The summed E-state index contributed by atoms with van der Waals surface area (Å²) < 4.78 is 73.7. The van der Waals surface area contributed by atoms with E-state index in [9.17, 15) is 26.0 Å². The topological polar surface area (TPSA) is 113 Å². The second kappa shape index (κ2) is 11.5. The van der Waals surface area contributed by atoms with E-state index in [1.54, 1.807) is 6.92 Å². The summed E-state index contributed by atoms with van der Waals surface area (Å²) in [5.41, 5.74) is 0.399. The number of rotatable bonds is 10. The highest BCUT2D eigenvalue weighted by Crippen LogP contribution is 2.26. The number of halogens is 1. The number of amides is 1. The first-order valence-electron chi connectivity index (χ1n) is 12.0. The molecule has 1 amide bonds. The molecule has 9 nitrogen and oxygen atoms in total. The van der Waals surface area contributed by atoms with Crippen molar-refractivity contribution in [2.24, 2.45) is 0 Å². The Morgan fingerprint density at radius 3 is 2.05 bits per heavy atom. The molecule has 1 heterocycles. The molecule has 1 N–H and O–H groups in total. The monoisotopic (exact) mass is 561 g/mol. The summed E-state index contributed by atoms with van der Waals surface area (Å²) >= 11 is 0. The average molecular weight is 562 g/mol. The molecule has 0 aromatic heterocycles. The molecule has 0 saturated carbocycles. The fraction of sp³-hybridized carbons (Fsp3) is 0.269. The van der Waals surface area contributed by atoms with E-state index in [0.717, 1.165) is 29.3 Å². The minimum absolute atomic E-state index is 0.0745. The Kier molecular flexibility index (Phi) is 8.34. The molecule has 12 heteroatoms. The van der Waals surface area contributed by atoms with Gasteiger partial charge in [-0.2, -0.15) is 4.31 Å². The Morgan fingerprint density at radius 2 is 1.47 bits per heavy atom. The number of hydrogen-bond acceptors (Lipinski definition) is 6. The van der Waals surface area contributed by atoms with E-state index in [0.29, 0.717) is 31.1 Å². The Hall–Kier alpha value is -3.48. The van der Waals surface area contributed by atoms with Crippen LogP contribution in [0.25, 0.3) is 0 Å². The number of nitrogens with zero attached hydrogens (tertiary/aromatic N) is 2. The minimum Gasteiger partial charge on any atom is -0.494 e. The molecule has 0 bridgehead atoms. The molecule has 3 aromatic rings. The van der Waals surface area contributed by atoms with E-state index in [1.165, 1.54) is 65.0 Å². The molecule has 4 rings (SSSR count). The number of hydrogen-bond donors (Lipinski definition) is 1. The van der Waals surface area contributed by atoms with Crippen LogP contribution in [0.5, 0.6) is 5.75 Å². The summed E-state index contributed by atoms with van der Waals surface area (Å²) in [7, 11) is -7.82. The van der Waals surface area contributed by atoms with Crippen molar-refractivity contribution in [2.75, 3.05) is 35.9 Å². The van der Waals surface area contributed by atoms with Crippen molar-refractivity contribution < 1.29 is 30.8 Å². The number of carbonyl (C=O) groups is 1. The van der Waals surface area contributed by atoms with Gasteiger partial charge < -0.3 is 10.1 Å². The predicted octanol–water partition coefficient (Wildman–Crippen LogP) is 3.84. The second-order valence-electron chi connectivity index (χ2n) is 8.58. The first-order valence-corrected chi connectivity index (χ1v) is 14.9. The van der Waals surface area contributed by atoms with Crippen LogP contribution in [0.4, 0.5) is 15.8 Å². The molecule has 202 valence electrons. The van der Waals surface area contributed by atoms with Gasteiger partial charge in [-0.25, -0.2) is 21.2 Å². The molecule has 38 heavy (non-hydrogen) atoms. The van der Waals surface area contributed by atoms with E-state index in [4.69, 9.17) is 4.74 Å². The lowest BCUT2D eigenvalue weighted by atomic mass is 10.3. The lowest BCUT2D eigenvalue weighted by molar-refractivity contribution is -0.114. The molecule has 3 aromatic carbocycles. The molecule has 1 aliphatic heterocycles. The Labute approximate surface area is 221 Å². The van der Waals surface area contributed by atoms with Gasteiger partial charge in [0.1, 0.15) is 18.1 Å². The maximum Gasteiger partial charge on any atom is 0.264 e. The van der Waals surface area contributed by atoms with Crippen molar-refractivity contribution in [2.45, 2.75) is 29.6 Å². The molecule has 0 unspecified atom stereocenters. The zero-order valence-corrected chi connectivity index (χ0v) is 22.3. The quantitative estimate of drug-likeness (QED) is 0.403. The van der Waals surface area contributed by atoms with Gasteiger partial charge in [0, 0.05) is 18.8 Å². The molecule has 1 fully saturated rings. The van der Waals surface area contributed by atoms with Crippen molar-refractivity contribution in [3.05, 3.63) is 78.6 Å². The van der Waals surface area contributed by atoms with E-state index in [-0.39, 0.29) is 15.5 Å². The third-order valence-corrected chi connectivity index (χ3v) is 9.67. The van der Waals surface area contributed by atoms with E-state index in [1.807, 2.05) is 0 Å². The first kappa shape index (κ1) is 27.6. The molecular formula is C26H28FN3O6S2. The van der Waals surface area contributed by atoms with Crippen LogP contribution >= 0.6 is 0 Å². The largest absolute Gasteiger partial charge is 0.494 e. The van der Waals surface area contributed by atoms with Crippen LogP contribution in [0, 0.1) is 5.82 Å². The van der Waals surface area contributed by atoms with Crippen LogP contribution in [-0.2, 0) is 24.8 Å². The van der Waals surface area contributed by atoms with Crippen LogP contribution in [0.3, 0.4) is 0 Å². The van der Waals surface area contributed by atoms with Crippen molar-refractivity contribution in [1.29, 1.82) is 0 Å². The van der Waals surface area contributed by atoms with Crippen molar-refractivity contribution in [3.8, 4) is 5.75 Å². The highest BCUT2D eigenvalue weighted by Gasteiger charge is 2.29. The third kappa shape index (κ3) is 6.14. The van der Waals surface area contributed by atoms with Gasteiger partial charge in [-0.1, -0.05) is 0 Å². The van der Waals surface area contributed by atoms with Gasteiger partial charge in [0.15, 0.2) is 0 Å². The summed E-state index contributed by atoms with van der Waals surface area (Å²) in [5.74, 6) is -0.729. The number of anilines is 2. The van der Waals surface area contributed by atoms with E-state index >= 15 is 0 Å². The smallest absolute Gasteiger partial charge is 0.264 e. The van der Waals surface area contributed by atoms with Crippen LogP contribution in [0.2, 0.25) is 0 Å². The van der Waals surface area contributed by atoms with E-state index < -0.39 is 38.3 Å². The molecular weight excluding hydrogens is 533 g/mol. The fourth-order valence-electron chi connectivity index (χ4n) is 4.04. The predicted molar refractivity (Wildman–Crippen MR) is 142 cm³/mol. The number of carbonyl (C=O) groups excluding carboxylic acids is 1. The zero-order valence-electron chi connectivity index (χ0n) is 20.7. The van der Waals surface area contributed by atoms with Crippen LogP contribution in [0.15, 0.2) is 82.6 Å². The van der Waals surface area contributed by atoms with Crippen molar-refractivity contribution >= 4 is 37.3 Å². The number of ether oxygens (including phenoxy) is 1. The summed E-state index contributed by atoms with van der Waals surface area (Å²) in [6, 6.07) is 16.2. The van der Waals surface area contributed by atoms with Gasteiger partial charge in [0.05, 0.1) is 22.1 Å². The highest BCUT2D eigenvalue weighted by molar-refractivity contribution is 7.92. The summed E-state index contributed by atoms with van der Waals surface area (Å²) in [5, 5.41) is 2.60. The van der Waals surface area contributed by atoms with Crippen LogP contribution in [0.1, 0.15) is 19.8 Å². The molecule has 0 atom stereocenters. The van der Waals surface area contributed by atoms with Gasteiger partial charge in [-0.15, -0.1) is 0 Å². The molecule has 0 aliphatic carbocycles. The third-order valence-electron chi connectivity index (χ3n) is 5.97. The zero-order chi connectivity index (χ0) is 27.3. The van der Waals surface area contributed by atoms with Crippen LogP contribution in [-0.4, -0.2) is 53.3 Å². The highest BCUT2D eigenvalue weighted by atomic mass is 32.2. The maximum atomic E-state index is 13.5. The lowest BCUT2D eigenvalue weighted by Crippen LogP contribution is -2.38. The lowest BCUT2D eigenvalue weighted by Gasteiger charge is -2.24. The van der Waals surface area contributed by atoms with E-state index in [2.05, 4.69) is 5.32 Å². The SMILES string of the molecule is CCOc1ccc(S(=O)(=O)N(CC(=O)Nc2ccc(S(=O)(=O)N3CCCC3)cc2)c2ccc(F)cc2)cc1. The second-order valence-corrected chi connectivity index (χ2v) is 12.4. The van der Waals surface area contributed by atoms with Crippen molar-refractivity contribution in [1.82, 2.24) is 4.31 Å². The molecule has 0 radical (unpaired) electrons. The van der Waals surface area contributed by atoms with Gasteiger partial charge in [-0.05, 0) is 92.6 Å². The maximum absolute atomic E-state index is 13.5. The van der Waals surface area contributed by atoms with Crippen LogP contribution < -0.4 is 14.4 Å². The molecule has 1 saturated heterocycles. The summed E-state index contributed by atoms with van der Waals surface area (Å²) in [6.07, 6.45) is 1.63. The standard InChI is InChI=1S/C26H28FN3O6S2/c1-2-36-23-11-15-25(16-12-23)38(34,35)30(22-9-5-20(27)6-10-22)19-26(31)28-21-7-13-24(14-8-21)37(32,33)29-17-3-4-18-29/h5-16H,2-4,17-19H2,1H3,(H,28,31). The molecule has 0 spiro atoms. The average Bonchev–Trinajstić information content (AvgIpc) is 3.45. The Balaban J connectivity index is 1.54. The normalized spacial score (nSPS) is 14.3. The Bertz CT molecular complexity index is 1470. The minimum atomic E-state index is -4.21. The van der Waals surface area contributed by atoms with Gasteiger partial charge in [0.25, 0.3) is 10.0 Å². The summed E-state index contributed by atoms with van der Waals surface area (Å²) in [4.78, 5) is 13.0. The van der Waals surface area contributed by atoms with Gasteiger partial charge >= 0.3 is 0 Å². The number of benzene rings is 3. The number of nitrogens with one attached hydrogen (secondary N) is 1. The Morgan fingerprint density at radius 1 is 0.895 bits per heavy atom. The van der Waals surface area contributed by atoms with Gasteiger partial charge in [-0.3, -0.25) is 9.10 Å². The van der Waals surface area contributed by atoms with Gasteiger partial charge in [0.2, 0.25) is 15.9 Å². The molecule has 1 aliphatic rings. The number of sulfonamides is 2.